The molecule has 0 bridgehead atoms. The van der Waals surface area contributed by atoms with Crippen LogP contribution in [0.4, 0.5) is 0 Å². The van der Waals surface area contributed by atoms with Crippen LogP contribution in [0, 0.1) is 0 Å². The first-order chi connectivity index (χ1) is 14.3. The van der Waals surface area contributed by atoms with Gasteiger partial charge in [-0.05, 0) is 41.1 Å². The summed E-state index contributed by atoms with van der Waals surface area (Å²) >= 11 is 1.48. The van der Waals surface area contributed by atoms with Crippen molar-refractivity contribution in [3.8, 4) is 11.5 Å². The summed E-state index contributed by atoms with van der Waals surface area (Å²) in [6, 6.07) is 31.5. The van der Waals surface area contributed by atoms with Gasteiger partial charge in [0.25, 0.3) is 0 Å². The van der Waals surface area contributed by atoms with E-state index in [-0.39, 0.29) is 18.3 Å². The summed E-state index contributed by atoms with van der Waals surface area (Å²) in [6.07, 6.45) is 0. The number of fused-ring (bicyclic) bond motifs is 1. The number of hydrogen-bond donors (Lipinski definition) is 0. The second-order valence-electron chi connectivity index (χ2n) is 6.48. The van der Waals surface area contributed by atoms with Gasteiger partial charge in [-0.15, -0.1) is 11.8 Å². The van der Waals surface area contributed by atoms with Crippen LogP contribution in [0.2, 0.25) is 0 Å². The molecule has 0 N–H and O–H groups in total. The molecule has 4 rings (SSSR count). The van der Waals surface area contributed by atoms with Gasteiger partial charge in [-0.2, -0.15) is 0 Å². The Morgan fingerprint density at radius 2 is 1.48 bits per heavy atom. The summed E-state index contributed by atoms with van der Waals surface area (Å²) in [5.74, 6) is 1.45. The van der Waals surface area contributed by atoms with Crippen molar-refractivity contribution in [3.05, 3.63) is 103 Å². The molecular weight excluding hydrogens is 380 g/mol. The summed E-state index contributed by atoms with van der Waals surface area (Å²) < 4.78 is 11.4. The maximum absolute atomic E-state index is 12.2. The van der Waals surface area contributed by atoms with Crippen molar-refractivity contribution < 1.29 is 14.3 Å². The number of benzene rings is 4. The number of carbonyl (C=O) groups excluding carboxylic acids is 1. The van der Waals surface area contributed by atoms with Crippen molar-refractivity contribution in [1.29, 1.82) is 0 Å². The minimum Gasteiger partial charge on any atom is -0.460 e. The lowest BCUT2D eigenvalue weighted by atomic mass is 10.1. The Labute approximate surface area is 174 Å². The molecule has 0 spiro atoms. The van der Waals surface area contributed by atoms with Gasteiger partial charge >= 0.3 is 5.97 Å². The fourth-order valence-corrected chi connectivity index (χ4v) is 3.68. The predicted octanol–water partition coefficient (Wildman–Crippen LogP) is 6.47. The van der Waals surface area contributed by atoms with E-state index >= 15 is 0 Å². The van der Waals surface area contributed by atoms with E-state index in [2.05, 4.69) is 24.3 Å². The lowest BCUT2D eigenvalue weighted by molar-refractivity contribution is -0.141. The summed E-state index contributed by atoms with van der Waals surface area (Å²) in [5, 5.41) is 2.35. The van der Waals surface area contributed by atoms with Gasteiger partial charge in [0, 0.05) is 10.5 Å². The number of esters is 1. The number of carbonyl (C=O) groups is 1. The van der Waals surface area contributed by atoms with Gasteiger partial charge in [-0.25, -0.2) is 0 Å². The van der Waals surface area contributed by atoms with Gasteiger partial charge < -0.3 is 9.47 Å². The van der Waals surface area contributed by atoms with Crippen molar-refractivity contribution in [2.45, 2.75) is 11.5 Å². The second kappa shape index (κ2) is 9.30. The molecule has 0 unspecified atom stereocenters. The van der Waals surface area contributed by atoms with Crippen molar-refractivity contribution >= 4 is 28.5 Å². The molecule has 0 amide bonds. The SMILES string of the molecule is O=C(CSc1ccc2ccccc2c1)OCc1ccccc1Oc1ccccc1. The molecule has 0 fully saturated rings. The van der Waals surface area contributed by atoms with E-state index in [1.807, 2.05) is 72.8 Å². The van der Waals surface area contributed by atoms with Crippen LogP contribution >= 0.6 is 11.8 Å². The Morgan fingerprint density at radius 3 is 2.34 bits per heavy atom. The third-order valence-corrected chi connectivity index (χ3v) is 5.38. The van der Waals surface area contributed by atoms with Crippen molar-refractivity contribution in [1.82, 2.24) is 0 Å². The van der Waals surface area contributed by atoms with Crippen LogP contribution in [0.25, 0.3) is 10.8 Å². The van der Waals surface area contributed by atoms with Gasteiger partial charge in [-0.3, -0.25) is 4.79 Å². The molecule has 0 saturated heterocycles. The van der Waals surface area contributed by atoms with E-state index < -0.39 is 0 Å². The van der Waals surface area contributed by atoms with Gasteiger partial charge in [0.2, 0.25) is 0 Å². The summed E-state index contributed by atoms with van der Waals surface area (Å²) in [4.78, 5) is 13.3. The smallest absolute Gasteiger partial charge is 0.316 e. The predicted molar refractivity (Wildman–Crippen MR) is 117 cm³/mol. The monoisotopic (exact) mass is 400 g/mol. The Balaban J connectivity index is 1.33. The number of hydrogen-bond acceptors (Lipinski definition) is 4. The van der Waals surface area contributed by atoms with E-state index in [1.54, 1.807) is 0 Å². The van der Waals surface area contributed by atoms with E-state index in [1.165, 1.54) is 17.1 Å². The molecule has 0 atom stereocenters. The molecule has 4 aromatic rings. The van der Waals surface area contributed by atoms with Crippen LogP contribution in [0.3, 0.4) is 0 Å². The van der Waals surface area contributed by atoms with Crippen LogP contribution in [0.1, 0.15) is 5.56 Å². The van der Waals surface area contributed by atoms with Crippen LogP contribution < -0.4 is 4.74 Å². The number of rotatable bonds is 7. The summed E-state index contributed by atoms with van der Waals surface area (Å²) in [6.45, 7) is 0.181. The minimum absolute atomic E-state index is 0.181. The minimum atomic E-state index is -0.252. The highest BCUT2D eigenvalue weighted by Gasteiger charge is 2.09. The third-order valence-electron chi connectivity index (χ3n) is 4.41. The Morgan fingerprint density at radius 1 is 0.759 bits per heavy atom. The lowest BCUT2D eigenvalue weighted by Crippen LogP contribution is -2.07. The summed E-state index contributed by atoms with van der Waals surface area (Å²) in [7, 11) is 0. The molecular formula is C25H20O3S. The average Bonchev–Trinajstić information content (AvgIpc) is 2.77. The summed E-state index contributed by atoms with van der Waals surface area (Å²) in [5.41, 5.74) is 0.834. The maximum atomic E-state index is 12.2. The van der Waals surface area contributed by atoms with Crippen LogP contribution in [0.15, 0.2) is 102 Å². The largest absolute Gasteiger partial charge is 0.460 e. The van der Waals surface area contributed by atoms with Crippen molar-refractivity contribution in [2.75, 3.05) is 5.75 Å². The molecule has 29 heavy (non-hydrogen) atoms. The molecule has 0 aromatic heterocycles. The second-order valence-corrected chi connectivity index (χ2v) is 7.53. The molecule has 0 heterocycles. The average molecular weight is 400 g/mol. The van der Waals surface area contributed by atoms with E-state index in [9.17, 15) is 4.79 Å². The fraction of sp³-hybridized carbons (Fsp3) is 0.0800. The maximum Gasteiger partial charge on any atom is 0.316 e. The normalized spacial score (nSPS) is 10.6. The van der Waals surface area contributed by atoms with Crippen molar-refractivity contribution in [2.24, 2.45) is 0 Å². The first-order valence-electron chi connectivity index (χ1n) is 9.36. The zero-order valence-corrected chi connectivity index (χ0v) is 16.6. The lowest BCUT2D eigenvalue weighted by Gasteiger charge is -2.11. The van der Waals surface area contributed by atoms with Gasteiger partial charge in [0.1, 0.15) is 18.1 Å². The highest BCUT2D eigenvalue weighted by Crippen LogP contribution is 2.26. The topological polar surface area (TPSA) is 35.5 Å². The quantitative estimate of drug-likeness (QED) is 0.263. The molecule has 0 radical (unpaired) electrons. The van der Waals surface area contributed by atoms with Crippen LogP contribution in [-0.2, 0) is 16.1 Å². The standard InChI is InChI=1S/C25H20O3S/c26-25(18-29-23-15-14-19-8-4-5-9-20(19)16-23)27-17-21-10-6-7-13-24(21)28-22-11-2-1-3-12-22/h1-16H,17-18H2. The van der Waals surface area contributed by atoms with Crippen LogP contribution in [-0.4, -0.2) is 11.7 Å². The van der Waals surface area contributed by atoms with E-state index in [4.69, 9.17) is 9.47 Å². The fourth-order valence-electron chi connectivity index (χ4n) is 2.94. The molecule has 144 valence electrons. The third kappa shape index (κ3) is 5.18. The molecule has 4 heteroatoms. The zero-order chi connectivity index (χ0) is 19.9. The molecule has 0 saturated carbocycles. The Bertz CT molecular complexity index is 1110. The number of para-hydroxylation sites is 2. The first kappa shape index (κ1) is 19.1. The molecule has 0 aliphatic heterocycles. The van der Waals surface area contributed by atoms with E-state index in [0.717, 1.165) is 21.6 Å². The molecule has 0 aliphatic rings. The van der Waals surface area contributed by atoms with Gasteiger partial charge in [0.15, 0.2) is 0 Å². The van der Waals surface area contributed by atoms with Gasteiger partial charge in [0.05, 0.1) is 5.75 Å². The highest BCUT2D eigenvalue weighted by atomic mass is 32.2. The molecule has 4 aromatic carbocycles. The van der Waals surface area contributed by atoms with Gasteiger partial charge in [-0.1, -0.05) is 66.7 Å². The Kier molecular flexibility index (Phi) is 6.13. The molecule has 0 aliphatic carbocycles. The number of thioether (sulfide) groups is 1. The van der Waals surface area contributed by atoms with Crippen LogP contribution in [0.5, 0.6) is 11.5 Å². The highest BCUT2D eigenvalue weighted by molar-refractivity contribution is 8.00. The Hall–Kier alpha value is -3.24. The first-order valence-corrected chi connectivity index (χ1v) is 10.3. The van der Waals surface area contributed by atoms with E-state index in [0.29, 0.717) is 5.75 Å². The number of ether oxygens (including phenoxy) is 2. The molecule has 3 nitrogen and oxygen atoms in total. The van der Waals surface area contributed by atoms with Crippen molar-refractivity contribution in [3.63, 3.8) is 0 Å². The zero-order valence-electron chi connectivity index (χ0n) is 15.8.